The van der Waals surface area contributed by atoms with Crippen LogP contribution in [0.1, 0.15) is 29.8 Å². The molecule has 0 aromatic heterocycles. The first-order valence-electron chi connectivity index (χ1n) is 7.66. The van der Waals surface area contributed by atoms with Crippen molar-refractivity contribution in [2.75, 3.05) is 18.5 Å². The molecule has 0 spiro atoms. The molecule has 5 heteroatoms. The first kappa shape index (κ1) is 16.7. The number of hydrogen-bond acceptors (Lipinski definition) is 4. The number of nitrogens with two attached hydrogens (primary N) is 1. The number of primary amides is 1. The van der Waals surface area contributed by atoms with Gasteiger partial charge in [0.2, 0.25) is 5.91 Å². The highest BCUT2D eigenvalue weighted by Crippen LogP contribution is 2.30. The van der Waals surface area contributed by atoms with E-state index in [-0.39, 0.29) is 0 Å². The molecule has 0 atom stereocenters. The van der Waals surface area contributed by atoms with Crippen molar-refractivity contribution in [2.24, 2.45) is 5.73 Å². The van der Waals surface area contributed by atoms with Crippen LogP contribution in [0.25, 0.3) is 0 Å². The topological polar surface area (TPSA) is 73.6 Å². The second-order valence-corrected chi connectivity index (χ2v) is 4.94. The molecule has 3 N–H and O–H groups in total. The van der Waals surface area contributed by atoms with Crippen molar-refractivity contribution in [1.29, 1.82) is 0 Å². The number of carbonyl (C=O) groups is 1. The van der Waals surface area contributed by atoms with Gasteiger partial charge in [-0.05, 0) is 43.7 Å². The summed E-state index contributed by atoms with van der Waals surface area (Å²) in [4.78, 5) is 11.2. The highest BCUT2D eigenvalue weighted by Gasteiger charge is 2.07. The molecule has 0 saturated heterocycles. The van der Waals surface area contributed by atoms with Gasteiger partial charge in [0.1, 0.15) is 11.5 Å². The molecule has 0 fully saturated rings. The predicted octanol–water partition coefficient (Wildman–Crippen LogP) is 3.20. The molecular weight excluding hydrogens is 292 g/mol. The lowest BCUT2D eigenvalue weighted by atomic mass is 10.1. The second-order valence-electron chi connectivity index (χ2n) is 4.94. The Morgan fingerprint density at radius 1 is 1.09 bits per heavy atom. The van der Waals surface area contributed by atoms with Crippen molar-refractivity contribution in [3.8, 4) is 11.5 Å². The van der Waals surface area contributed by atoms with Crippen molar-refractivity contribution in [2.45, 2.75) is 20.4 Å². The Bertz CT molecular complexity index is 671. The van der Waals surface area contributed by atoms with E-state index in [0.717, 1.165) is 22.7 Å². The number of nitrogens with one attached hydrogen (secondary N) is 1. The van der Waals surface area contributed by atoms with Gasteiger partial charge in [0.15, 0.2) is 0 Å². The van der Waals surface area contributed by atoms with Gasteiger partial charge in [-0.15, -0.1) is 0 Å². The molecule has 0 heterocycles. The summed E-state index contributed by atoms with van der Waals surface area (Å²) in [6.45, 7) is 5.63. The van der Waals surface area contributed by atoms with Gasteiger partial charge in [-0.25, -0.2) is 0 Å². The molecule has 122 valence electrons. The molecule has 0 bridgehead atoms. The standard InChI is InChI=1S/C18H22N2O3/c1-3-22-15-8-9-17(23-4-2)16(11-15)20-12-13-6-5-7-14(10-13)18(19)21/h5-11,20H,3-4,12H2,1-2H3,(H2,19,21). The zero-order valence-corrected chi connectivity index (χ0v) is 13.5. The number of anilines is 1. The number of benzene rings is 2. The summed E-state index contributed by atoms with van der Waals surface area (Å²) in [6.07, 6.45) is 0. The third-order valence-corrected chi connectivity index (χ3v) is 3.26. The molecule has 0 unspecified atom stereocenters. The fraction of sp³-hybridized carbons (Fsp3) is 0.278. The van der Waals surface area contributed by atoms with Crippen molar-refractivity contribution in [1.82, 2.24) is 0 Å². The Morgan fingerprint density at radius 2 is 1.87 bits per heavy atom. The summed E-state index contributed by atoms with van der Waals surface area (Å²) in [5, 5.41) is 3.32. The number of ether oxygens (including phenoxy) is 2. The van der Waals surface area contributed by atoms with Gasteiger partial charge in [-0.1, -0.05) is 12.1 Å². The Kier molecular flexibility index (Phi) is 5.86. The molecule has 0 saturated carbocycles. The van der Waals surface area contributed by atoms with Crippen LogP contribution in [-0.2, 0) is 6.54 Å². The van der Waals surface area contributed by atoms with E-state index in [0.29, 0.717) is 25.3 Å². The molecule has 0 aliphatic carbocycles. The van der Waals surface area contributed by atoms with Crippen LogP contribution in [-0.4, -0.2) is 19.1 Å². The van der Waals surface area contributed by atoms with Gasteiger partial charge < -0.3 is 20.5 Å². The van der Waals surface area contributed by atoms with Crippen molar-refractivity contribution < 1.29 is 14.3 Å². The molecule has 0 aliphatic rings. The first-order valence-corrected chi connectivity index (χ1v) is 7.66. The Balaban J connectivity index is 2.16. The maximum Gasteiger partial charge on any atom is 0.248 e. The van der Waals surface area contributed by atoms with Crippen LogP contribution in [0.5, 0.6) is 11.5 Å². The van der Waals surface area contributed by atoms with Crippen LogP contribution < -0.4 is 20.5 Å². The van der Waals surface area contributed by atoms with Crippen LogP contribution in [0, 0.1) is 0 Å². The smallest absolute Gasteiger partial charge is 0.248 e. The van der Waals surface area contributed by atoms with Gasteiger partial charge in [0.05, 0.1) is 18.9 Å². The van der Waals surface area contributed by atoms with Crippen LogP contribution in [0.3, 0.4) is 0 Å². The third kappa shape index (κ3) is 4.64. The maximum absolute atomic E-state index is 11.2. The second kappa shape index (κ2) is 8.08. The Morgan fingerprint density at radius 3 is 2.57 bits per heavy atom. The lowest BCUT2D eigenvalue weighted by Crippen LogP contribution is -2.11. The van der Waals surface area contributed by atoms with Gasteiger partial charge in [0.25, 0.3) is 0 Å². The zero-order chi connectivity index (χ0) is 16.7. The number of amides is 1. The average Bonchev–Trinajstić information content (AvgIpc) is 2.55. The zero-order valence-electron chi connectivity index (χ0n) is 13.5. The van der Waals surface area contributed by atoms with Crippen LogP contribution >= 0.6 is 0 Å². The monoisotopic (exact) mass is 314 g/mol. The largest absolute Gasteiger partial charge is 0.494 e. The summed E-state index contributed by atoms with van der Waals surface area (Å²) in [5.41, 5.74) is 7.62. The molecule has 0 aliphatic heterocycles. The summed E-state index contributed by atoms with van der Waals surface area (Å²) < 4.78 is 11.2. The molecular formula is C18H22N2O3. The SMILES string of the molecule is CCOc1ccc(OCC)c(NCc2cccc(C(N)=O)c2)c1. The molecule has 2 aromatic rings. The van der Waals surface area contributed by atoms with Gasteiger partial charge >= 0.3 is 0 Å². The predicted molar refractivity (Wildman–Crippen MR) is 91.1 cm³/mol. The van der Waals surface area contributed by atoms with E-state index in [1.165, 1.54) is 0 Å². The van der Waals surface area contributed by atoms with E-state index in [4.69, 9.17) is 15.2 Å². The maximum atomic E-state index is 11.2. The molecule has 1 amide bonds. The van der Waals surface area contributed by atoms with E-state index >= 15 is 0 Å². The van der Waals surface area contributed by atoms with E-state index in [2.05, 4.69) is 5.32 Å². The summed E-state index contributed by atoms with van der Waals surface area (Å²) >= 11 is 0. The highest BCUT2D eigenvalue weighted by atomic mass is 16.5. The summed E-state index contributed by atoms with van der Waals surface area (Å²) in [6, 6.07) is 12.9. The minimum atomic E-state index is -0.430. The van der Waals surface area contributed by atoms with E-state index in [1.807, 2.05) is 44.2 Å². The molecule has 2 aromatic carbocycles. The number of carbonyl (C=O) groups excluding carboxylic acids is 1. The van der Waals surface area contributed by atoms with Crippen molar-refractivity contribution in [3.63, 3.8) is 0 Å². The van der Waals surface area contributed by atoms with Crippen LogP contribution in [0.15, 0.2) is 42.5 Å². The van der Waals surface area contributed by atoms with Gasteiger partial charge in [-0.2, -0.15) is 0 Å². The van der Waals surface area contributed by atoms with Crippen molar-refractivity contribution >= 4 is 11.6 Å². The highest BCUT2D eigenvalue weighted by molar-refractivity contribution is 5.92. The van der Waals surface area contributed by atoms with Crippen LogP contribution in [0.4, 0.5) is 5.69 Å². The number of hydrogen-bond donors (Lipinski definition) is 2. The quantitative estimate of drug-likeness (QED) is 0.785. The molecule has 0 radical (unpaired) electrons. The molecule has 5 nitrogen and oxygen atoms in total. The van der Waals surface area contributed by atoms with Gasteiger partial charge in [-0.3, -0.25) is 4.79 Å². The fourth-order valence-corrected chi connectivity index (χ4v) is 2.22. The normalized spacial score (nSPS) is 10.2. The summed E-state index contributed by atoms with van der Waals surface area (Å²) in [5.74, 6) is 1.12. The summed E-state index contributed by atoms with van der Waals surface area (Å²) in [7, 11) is 0. The fourth-order valence-electron chi connectivity index (χ4n) is 2.22. The molecule has 23 heavy (non-hydrogen) atoms. The van der Waals surface area contributed by atoms with E-state index in [1.54, 1.807) is 12.1 Å². The lowest BCUT2D eigenvalue weighted by Gasteiger charge is -2.14. The number of rotatable bonds is 8. The minimum Gasteiger partial charge on any atom is -0.494 e. The average molecular weight is 314 g/mol. The molecule has 2 rings (SSSR count). The van der Waals surface area contributed by atoms with Gasteiger partial charge in [0, 0.05) is 18.2 Å². The van der Waals surface area contributed by atoms with E-state index in [9.17, 15) is 4.79 Å². The Labute approximate surface area is 136 Å². The van der Waals surface area contributed by atoms with E-state index < -0.39 is 5.91 Å². The first-order chi connectivity index (χ1) is 11.1. The van der Waals surface area contributed by atoms with Crippen molar-refractivity contribution in [3.05, 3.63) is 53.6 Å². The Hall–Kier alpha value is -2.69. The third-order valence-electron chi connectivity index (χ3n) is 3.26. The van der Waals surface area contributed by atoms with Crippen LogP contribution in [0.2, 0.25) is 0 Å². The lowest BCUT2D eigenvalue weighted by molar-refractivity contribution is 0.1000. The minimum absolute atomic E-state index is 0.430.